The van der Waals surface area contributed by atoms with Crippen LogP contribution in [-0.4, -0.2) is 28.1 Å². The highest BCUT2D eigenvalue weighted by atomic mass is 79.9. The van der Waals surface area contributed by atoms with Gasteiger partial charge in [0.25, 0.3) is 5.91 Å². The van der Waals surface area contributed by atoms with Gasteiger partial charge >= 0.3 is 5.97 Å². The summed E-state index contributed by atoms with van der Waals surface area (Å²) in [5.74, 6) is -2.16. The lowest BCUT2D eigenvalue weighted by molar-refractivity contribution is -0.140. The molecule has 0 aromatic heterocycles. The normalized spacial score (nSPS) is 12.2. The fraction of sp³-hybridized carbons (Fsp3) is 0.333. The number of phenolic OH excluding ortho intramolecular Hbond substituents is 1. The Morgan fingerprint density at radius 1 is 1.33 bits per heavy atom. The van der Waals surface area contributed by atoms with Crippen LogP contribution in [0.5, 0.6) is 5.75 Å². The van der Waals surface area contributed by atoms with Gasteiger partial charge in [-0.1, -0.05) is 29.8 Å². The minimum atomic E-state index is -1.10. The van der Waals surface area contributed by atoms with Crippen molar-refractivity contribution in [2.75, 3.05) is 0 Å². The maximum Gasteiger partial charge on any atom is 0.326 e. The van der Waals surface area contributed by atoms with Gasteiger partial charge in [-0.05, 0) is 24.1 Å². The predicted octanol–water partition coefficient (Wildman–Crippen LogP) is 1.99. The number of rotatable bonds is 4. The van der Waals surface area contributed by atoms with Crippen molar-refractivity contribution in [3.8, 4) is 5.75 Å². The van der Waals surface area contributed by atoms with Crippen LogP contribution in [0.2, 0.25) is 0 Å². The quantitative estimate of drug-likeness (QED) is 0.793. The Morgan fingerprint density at radius 2 is 1.94 bits per heavy atom. The second-order valence-corrected chi connectivity index (χ2v) is 5.11. The standard InChI is InChI=1S/C12H14BrNO4/c1-6(2)10(12(17)18)14-11(16)8-5-7(13)3-4-9(8)15/h3-6,10,15H,1-2H3,(H,14,16)(H,17,18)/t10-/m1/s1. The Hall–Kier alpha value is -1.56. The molecule has 0 aliphatic carbocycles. The SMILES string of the molecule is CC(C)[C@@H](NC(=O)c1cc(Br)ccc1O)C(=O)O. The number of hydrogen-bond acceptors (Lipinski definition) is 3. The molecule has 6 heteroatoms. The third-order valence-electron chi connectivity index (χ3n) is 2.42. The maximum absolute atomic E-state index is 11.9. The topological polar surface area (TPSA) is 86.6 Å². The third kappa shape index (κ3) is 3.46. The highest BCUT2D eigenvalue weighted by Crippen LogP contribution is 2.22. The number of halogens is 1. The molecule has 5 nitrogen and oxygen atoms in total. The van der Waals surface area contributed by atoms with Crippen LogP contribution in [0.25, 0.3) is 0 Å². The van der Waals surface area contributed by atoms with Crippen LogP contribution in [0.4, 0.5) is 0 Å². The molecule has 0 heterocycles. The van der Waals surface area contributed by atoms with Gasteiger partial charge in [-0.3, -0.25) is 4.79 Å². The molecule has 0 unspecified atom stereocenters. The van der Waals surface area contributed by atoms with Crippen LogP contribution in [0, 0.1) is 5.92 Å². The second kappa shape index (κ2) is 5.86. The molecule has 1 rings (SSSR count). The first kappa shape index (κ1) is 14.5. The summed E-state index contributed by atoms with van der Waals surface area (Å²) in [5.41, 5.74) is 0.0382. The summed E-state index contributed by atoms with van der Waals surface area (Å²) in [5, 5.41) is 20.9. The molecule has 0 saturated carbocycles. The highest BCUT2D eigenvalue weighted by Gasteiger charge is 2.25. The van der Waals surface area contributed by atoms with E-state index in [0.29, 0.717) is 4.47 Å². The Labute approximate surface area is 113 Å². The van der Waals surface area contributed by atoms with Gasteiger partial charge in [0, 0.05) is 4.47 Å². The van der Waals surface area contributed by atoms with E-state index in [0.717, 1.165) is 0 Å². The molecule has 18 heavy (non-hydrogen) atoms. The van der Waals surface area contributed by atoms with E-state index in [4.69, 9.17) is 5.11 Å². The van der Waals surface area contributed by atoms with E-state index < -0.39 is 17.9 Å². The van der Waals surface area contributed by atoms with Crippen molar-refractivity contribution in [2.24, 2.45) is 5.92 Å². The molecule has 1 atom stereocenters. The molecule has 0 bridgehead atoms. The van der Waals surface area contributed by atoms with Crippen LogP contribution in [0.3, 0.4) is 0 Å². The van der Waals surface area contributed by atoms with Crippen LogP contribution < -0.4 is 5.32 Å². The van der Waals surface area contributed by atoms with Gasteiger partial charge in [-0.15, -0.1) is 0 Å². The molecular weight excluding hydrogens is 302 g/mol. The Balaban J connectivity index is 2.94. The average Bonchev–Trinajstić information content (AvgIpc) is 2.28. The molecule has 0 aliphatic heterocycles. The predicted molar refractivity (Wildman–Crippen MR) is 69.5 cm³/mol. The molecule has 0 aliphatic rings. The minimum absolute atomic E-state index is 0.0382. The molecule has 0 fully saturated rings. The highest BCUT2D eigenvalue weighted by molar-refractivity contribution is 9.10. The zero-order chi connectivity index (χ0) is 13.9. The Kier molecular flexibility index (Phi) is 4.72. The van der Waals surface area contributed by atoms with Crippen molar-refractivity contribution in [1.29, 1.82) is 0 Å². The number of carboxylic acids is 1. The van der Waals surface area contributed by atoms with Crippen LogP contribution in [0.15, 0.2) is 22.7 Å². The monoisotopic (exact) mass is 315 g/mol. The second-order valence-electron chi connectivity index (χ2n) is 4.19. The van der Waals surface area contributed by atoms with E-state index in [1.807, 2.05) is 0 Å². The van der Waals surface area contributed by atoms with Crippen LogP contribution in [0.1, 0.15) is 24.2 Å². The fourth-order valence-corrected chi connectivity index (χ4v) is 1.78. The smallest absolute Gasteiger partial charge is 0.326 e. The van der Waals surface area contributed by atoms with E-state index >= 15 is 0 Å². The summed E-state index contributed by atoms with van der Waals surface area (Å²) >= 11 is 3.18. The Bertz CT molecular complexity index is 473. The number of hydrogen-bond donors (Lipinski definition) is 3. The molecule has 3 N–H and O–H groups in total. The Morgan fingerprint density at radius 3 is 2.44 bits per heavy atom. The summed E-state index contributed by atoms with van der Waals surface area (Å²) in [6.45, 7) is 3.39. The zero-order valence-electron chi connectivity index (χ0n) is 9.98. The zero-order valence-corrected chi connectivity index (χ0v) is 11.6. The summed E-state index contributed by atoms with van der Waals surface area (Å²) in [7, 11) is 0. The maximum atomic E-state index is 11.9. The van der Waals surface area contributed by atoms with Gasteiger partial charge in [0.1, 0.15) is 11.8 Å². The molecule has 0 spiro atoms. The van der Waals surface area contributed by atoms with E-state index in [9.17, 15) is 14.7 Å². The van der Waals surface area contributed by atoms with Gasteiger partial charge in [0.05, 0.1) is 5.56 Å². The number of benzene rings is 1. The average molecular weight is 316 g/mol. The number of carboxylic acid groups (broad SMARTS) is 1. The molecule has 1 amide bonds. The van der Waals surface area contributed by atoms with Gasteiger partial charge in [-0.2, -0.15) is 0 Å². The number of carbonyl (C=O) groups is 2. The van der Waals surface area contributed by atoms with E-state index in [1.54, 1.807) is 19.9 Å². The molecule has 0 radical (unpaired) electrons. The lowest BCUT2D eigenvalue weighted by Crippen LogP contribution is -2.44. The number of phenols is 1. The number of nitrogens with one attached hydrogen (secondary N) is 1. The first-order chi connectivity index (χ1) is 8.32. The van der Waals surface area contributed by atoms with Gasteiger partial charge in [0.2, 0.25) is 0 Å². The van der Waals surface area contributed by atoms with E-state index in [-0.39, 0.29) is 17.2 Å². The van der Waals surface area contributed by atoms with E-state index in [2.05, 4.69) is 21.2 Å². The van der Waals surface area contributed by atoms with Gasteiger partial charge in [0.15, 0.2) is 0 Å². The third-order valence-corrected chi connectivity index (χ3v) is 2.92. The van der Waals surface area contributed by atoms with Crippen molar-refractivity contribution in [3.05, 3.63) is 28.2 Å². The molecule has 0 saturated heterocycles. The summed E-state index contributed by atoms with van der Waals surface area (Å²) < 4.78 is 0.627. The molecular formula is C12H14BrNO4. The van der Waals surface area contributed by atoms with E-state index in [1.165, 1.54) is 12.1 Å². The van der Waals surface area contributed by atoms with Crippen LogP contribution >= 0.6 is 15.9 Å². The van der Waals surface area contributed by atoms with Crippen molar-refractivity contribution in [2.45, 2.75) is 19.9 Å². The molecule has 1 aromatic carbocycles. The van der Waals surface area contributed by atoms with Crippen molar-refractivity contribution in [1.82, 2.24) is 5.32 Å². The fourth-order valence-electron chi connectivity index (χ4n) is 1.42. The number of amides is 1. The summed E-state index contributed by atoms with van der Waals surface area (Å²) in [4.78, 5) is 22.9. The molecule has 98 valence electrons. The lowest BCUT2D eigenvalue weighted by Gasteiger charge is -2.18. The molecule has 1 aromatic rings. The summed E-state index contributed by atoms with van der Waals surface area (Å²) in [6.07, 6.45) is 0. The van der Waals surface area contributed by atoms with Crippen molar-refractivity contribution in [3.63, 3.8) is 0 Å². The van der Waals surface area contributed by atoms with Crippen LogP contribution in [-0.2, 0) is 4.79 Å². The lowest BCUT2D eigenvalue weighted by atomic mass is 10.0. The van der Waals surface area contributed by atoms with Crippen molar-refractivity contribution >= 4 is 27.8 Å². The summed E-state index contributed by atoms with van der Waals surface area (Å²) in [6, 6.07) is 3.40. The number of aliphatic carboxylic acids is 1. The van der Waals surface area contributed by atoms with Crippen molar-refractivity contribution < 1.29 is 19.8 Å². The largest absolute Gasteiger partial charge is 0.507 e. The first-order valence-corrected chi connectivity index (χ1v) is 6.14. The first-order valence-electron chi connectivity index (χ1n) is 5.35. The number of aromatic hydroxyl groups is 1. The van der Waals surface area contributed by atoms with Gasteiger partial charge < -0.3 is 15.5 Å². The van der Waals surface area contributed by atoms with Gasteiger partial charge in [-0.25, -0.2) is 4.79 Å². The minimum Gasteiger partial charge on any atom is -0.507 e. The number of carbonyl (C=O) groups excluding carboxylic acids is 1.